The van der Waals surface area contributed by atoms with Gasteiger partial charge in [0.2, 0.25) is 0 Å². The highest BCUT2D eigenvalue weighted by Crippen LogP contribution is 2.30. The van der Waals surface area contributed by atoms with Crippen molar-refractivity contribution < 1.29 is 4.42 Å². The van der Waals surface area contributed by atoms with E-state index in [1.165, 1.54) is 27.9 Å². The second kappa shape index (κ2) is 5.90. The summed E-state index contributed by atoms with van der Waals surface area (Å²) < 4.78 is 6.66. The minimum Gasteiger partial charge on any atom is -0.464 e. The second-order valence-corrected chi connectivity index (χ2v) is 6.21. The number of aromatic nitrogens is 2. The fraction of sp³-hybridized carbons (Fsp3) is 0.0556. The van der Waals surface area contributed by atoms with Crippen LogP contribution >= 0.6 is 11.3 Å². The molecule has 1 aromatic carbocycles. The molecule has 4 aromatic rings. The summed E-state index contributed by atoms with van der Waals surface area (Å²) in [5.74, 6) is 0.653. The minimum absolute atomic E-state index is 0.212. The molecule has 118 valence electrons. The van der Waals surface area contributed by atoms with Gasteiger partial charge in [0.05, 0.1) is 17.9 Å². The Bertz CT molecular complexity index is 1070. The first kappa shape index (κ1) is 14.6. The van der Waals surface area contributed by atoms with Gasteiger partial charge in [-0.05, 0) is 24.6 Å². The van der Waals surface area contributed by atoms with Gasteiger partial charge in [-0.3, -0.25) is 4.79 Å². The van der Waals surface area contributed by atoms with E-state index in [9.17, 15) is 4.79 Å². The molecule has 4 rings (SSSR count). The van der Waals surface area contributed by atoms with E-state index in [1.807, 2.05) is 42.6 Å². The molecule has 3 aromatic heterocycles. The predicted molar refractivity (Wildman–Crippen MR) is 95.8 cm³/mol. The lowest BCUT2D eigenvalue weighted by Crippen LogP contribution is -2.16. The van der Waals surface area contributed by atoms with Crippen molar-refractivity contribution >= 4 is 27.8 Å². The van der Waals surface area contributed by atoms with E-state index in [0.717, 1.165) is 11.1 Å². The van der Waals surface area contributed by atoms with Gasteiger partial charge in [0.25, 0.3) is 5.56 Å². The summed E-state index contributed by atoms with van der Waals surface area (Å²) in [5, 5.41) is 6.66. The molecule has 0 aliphatic heterocycles. The number of aryl methyl sites for hydroxylation is 1. The number of benzene rings is 1. The van der Waals surface area contributed by atoms with Gasteiger partial charge in [-0.15, -0.1) is 11.3 Å². The predicted octanol–water partition coefficient (Wildman–Crippen LogP) is 3.91. The topological polar surface area (TPSA) is 60.4 Å². The molecule has 0 spiro atoms. The van der Waals surface area contributed by atoms with Crippen LogP contribution in [0.25, 0.3) is 21.5 Å². The molecule has 0 amide bonds. The van der Waals surface area contributed by atoms with Crippen molar-refractivity contribution in [1.29, 1.82) is 0 Å². The zero-order valence-electron chi connectivity index (χ0n) is 12.8. The lowest BCUT2D eigenvalue weighted by molar-refractivity contribution is 0.583. The van der Waals surface area contributed by atoms with Crippen LogP contribution in [0.1, 0.15) is 11.1 Å². The maximum absolute atomic E-state index is 12.8. The van der Waals surface area contributed by atoms with Crippen molar-refractivity contribution in [3.8, 4) is 11.3 Å². The van der Waals surface area contributed by atoms with Gasteiger partial charge in [0, 0.05) is 10.9 Å². The molecule has 3 heterocycles. The smallest absolute Gasteiger partial charge is 0.283 e. The highest BCUT2D eigenvalue weighted by Gasteiger charge is 2.14. The Balaban J connectivity index is 1.79. The van der Waals surface area contributed by atoms with Crippen molar-refractivity contribution in [2.45, 2.75) is 6.92 Å². The van der Waals surface area contributed by atoms with E-state index in [0.29, 0.717) is 16.0 Å². The molecule has 24 heavy (non-hydrogen) atoms. The van der Waals surface area contributed by atoms with Gasteiger partial charge in [-0.2, -0.15) is 9.78 Å². The van der Waals surface area contributed by atoms with Crippen LogP contribution in [0, 0.1) is 6.92 Å². The number of hydrogen-bond donors (Lipinski definition) is 0. The quantitative estimate of drug-likeness (QED) is 0.533. The van der Waals surface area contributed by atoms with Crippen LogP contribution in [-0.2, 0) is 0 Å². The molecule has 0 radical (unpaired) electrons. The van der Waals surface area contributed by atoms with Gasteiger partial charge in [-0.25, -0.2) is 4.98 Å². The maximum atomic E-state index is 12.8. The zero-order chi connectivity index (χ0) is 16.5. The van der Waals surface area contributed by atoms with E-state index in [4.69, 9.17) is 4.42 Å². The van der Waals surface area contributed by atoms with E-state index in [-0.39, 0.29) is 5.56 Å². The van der Waals surface area contributed by atoms with Gasteiger partial charge in [-0.1, -0.05) is 29.8 Å². The van der Waals surface area contributed by atoms with Gasteiger partial charge in [0.15, 0.2) is 0 Å². The van der Waals surface area contributed by atoms with Gasteiger partial charge in [0.1, 0.15) is 16.9 Å². The van der Waals surface area contributed by atoms with Crippen molar-refractivity contribution in [3.63, 3.8) is 0 Å². The molecule has 0 saturated carbocycles. The monoisotopic (exact) mass is 335 g/mol. The summed E-state index contributed by atoms with van der Waals surface area (Å²) in [5.41, 5.74) is 2.63. The summed E-state index contributed by atoms with van der Waals surface area (Å²) in [6, 6.07) is 11.5. The third-order valence-electron chi connectivity index (χ3n) is 3.67. The Morgan fingerprint density at radius 1 is 1.25 bits per heavy atom. The van der Waals surface area contributed by atoms with Crippen LogP contribution in [-0.4, -0.2) is 15.9 Å². The highest BCUT2D eigenvalue weighted by atomic mass is 32.1. The summed E-state index contributed by atoms with van der Waals surface area (Å²) in [4.78, 5) is 17.8. The van der Waals surface area contributed by atoms with Crippen LogP contribution in [0.2, 0.25) is 0 Å². The normalized spacial score (nSPS) is 11.5. The van der Waals surface area contributed by atoms with Crippen LogP contribution in [0.3, 0.4) is 0 Å². The average molecular weight is 335 g/mol. The number of hydrogen-bond acceptors (Lipinski definition) is 5. The van der Waals surface area contributed by atoms with Crippen molar-refractivity contribution in [3.05, 3.63) is 75.8 Å². The van der Waals surface area contributed by atoms with E-state index in [1.54, 1.807) is 18.5 Å². The Kier molecular flexibility index (Phi) is 3.59. The lowest BCUT2D eigenvalue weighted by Gasteiger charge is -1.99. The molecule has 0 N–H and O–H groups in total. The third-order valence-corrected chi connectivity index (χ3v) is 4.56. The molecule has 0 aliphatic carbocycles. The Morgan fingerprint density at radius 3 is 2.83 bits per heavy atom. The molecule has 6 heteroatoms. The fourth-order valence-electron chi connectivity index (χ4n) is 2.40. The maximum Gasteiger partial charge on any atom is 0.283 e. The highest BCUT2D eigenvalue weighted by molar-refractivity contribution is 7.17. The number of fused-ring (bicyclic) bond motifs is 1. The molecule has 0 fully saturated rings. The van der Waals surface area contributed by atoms with E-state index >= 15 is 0 Å². The Labute approximate surface area is 141 Å². The molecular weight excluding hydrogens is 322 g/mol. The van der Waals surface area contributed by atoms with Crippen molar-refractivity contribution in [1.82, 2.24) is 9.66 Å². The number of thiophene rings is 1. The van der Waals surface area contributed by atoms with Crippen LogP contribution < -0.4 is 5.56 Å². The molecular formula is C18H13N3O2S. The van der Waals surface area contributed by atoms with E-state index < -0.39 is 0 Å². The van der Waals surface area contributed by atoms with Crippen LogP contribution in [0.15, 0.2) is 68.7 Å². The molecule has 0 aliphatic rings. The SMILES string of the molecule is Cc1ccc(/C=N\n2cnc3scc(-c4ccco4)c3c2=O)cc1. The van der Waals surface area contributed by atoms with Gasteiger partial charge < -0.3 is 4.42 Å². The molecule has 0 atom stereocenters. The number of rotatable bonds is 3. The number of furan rings is 1. The lowest BCUT2D eigenvalue weighted by atomic mass is 10.2. The minimum atomic E-state index is -0.212. The standard InChI is InChI=1S/C18H13N3O2S/c1-12-4-6-13(7-5-12)9-20-21-11-19-17-16(18(21)22)14(10-24-17)15-3-2-8-23-15/h2-11H,1H3/b20-9-. The first-order valence-electron chi connectivity index (χ1n) is 7.36. The zero-order valence-corrected chi connectivity index (χ0v) is 13.7. The second-order valence-electron chi connectivity index (χ2n) is 5.36. The molecule has 5 nitrogen and oxygen atoms in total. The number of nitrogens with zero attached hydrogens (tertiary/aromatic N) is 3. The summed E-state index contributed by atoms with van der Waals surface area (Å²) in [6.07, 6.45) is 4.67. The van der Waals surface area contributed by atoms with Crippen LogP contribution in [0.5, 0.6) is 0 Å². The van der Waals surface area contributed by atoms with Gasteiger partial charge >= 0.3 is 0 Å². The van der Waals surface area contributed by atoms with E-state index in [2.05, 4.69) is 10.1 Å². The average Bonchev–Trinajstić information content (AvgIpc) is 3.25. The molecule has 0 bridgehead atoms. The summed E-state index contributed by atoms with van der Waals surface area (Å²) >= 11 is 1.41. The molecule has 0 saturated heterocycles. The van der Waals surface area contributed by atoms with Crippen molar-refractivity contribution in [2.24, 2.45) is 5.10 Å². The first-order chi connectivity index (χ1) is 11.7. The first-order valence-corrected chi connectivity index (χ1v) is 8.24. The Morgan fingerprint density at radius 2 is 2.08 bits per heavy atom. The van der Waals surface area contributed by atoms with Crippen LogP contribution in [0.4, 0.5) is 0 Å². The third kappa shape index (κ3) is 2.57. The molecule has 0 unspecified atom stereocenters. The fourth-order valence-corrected chi connectivity index (χ4v) is 3.29. The summed E-state index contributed by atoms with van der Waals surface area (Å²) in [7, 11) is 0. The summed E-state index contributed by atoms with van der Waals surface area (Å²) in [6.45, 7) is 2.02. The Hall–Kier alpha value is -2.99. The van der Waals surface area contributed by atoms with Crippen molar-refractivity contribution in [2.75, 3.05) is 0 Å². The largest absolute Gasteiger partial charge is 0.464 e.